The van der Waals surface area contributed by atoms with Gasteiger partial charge in [0, 0.05) is 43.7 Å². The highest BCUT2D eigenvalue weighted by atomic mass is 35.5. The van der Waals surface area contributed by atoms with Gasteiger partial charge < -0.3 is 9.88 Å². The van der Waals surface area contributed by atoms with Gasteiger partial charge in [0.1, 0.15) is 5.82 Å². The summed E-state index contributed by atoms with van der Waals surface area (Å²) in [5.41, 5.74) is 1.25. The predicted octanol–water partition coefficient (Wildman–Crippen LogP) is 2.13. The summed E-state index contributed by atoms with van der Waals surface area (Å²) >= 11 is 6.11. The van der Waals surface area contributed by atoms with E-state index in [2.05, 4.69) is 26.5 Å². The van der Waals surface area contributed by atoms with Crippen LogP contribution in [0.25, 0.3) is 0 Å². The van der Waals surface area contributed by atoms with Crippen LogP contribution in [0.4, 0.5) is 0 Å². The van der Waals surface area contributed by atoms with Crippen LogP contribution in [0.2, 0.25) is 5.02 Å². The maximum Gasteiger partial charge on any atom is 0.289 e. The highest BCUT2D eigenvalue weighted by Gasteiger charge is 2.39. The molecule has 1 saturated heterocycles. The molecule has 2 aromatic rings. The van der Waals surface area contributed by atoms with Gasteiger partial charge in [-0.25, -0.2) is 0 Å². The molecule has 1 saturated carbocycles. The zero-order valence-electron chi connectivity index (χ0n) is 14.6. The fourth-order valence-corrected chi connectivity index (χ4v) is 4.50. The van der Waals surface area contributed by atoms with Gasteiger partial charge >= 0.3 is 0 Å². The standard InChI is InChI=1S/C19H22ClN5O/c20-15-3-1-2-12(6-15)8-24-9-13-7-17-22-23-18(19(26)21-16-4-5-16)25(17)11-14(13)10-24/h1-3,6,13-14,16H,4-5,7-11H2,(H,21,26)/t13-,14+/m1/s1. The van der Waals surface area contributed by atoms with Crippen molar-refractivity contribution < 1.29 is 4.79 Å². The molecule has 26 heavy (non-hydrogen) atoms. The van der Waals surface area contributed by atoms with Crippen LogP contribution < -0.4 is 5.32 Å². The van der Waals surface area contributed by atoms with Crippen LogP contribution in [0.15, 0.2) is 24.3 Å². The maximum atomic E-state index is 12.4. The molecule has 1 aromatic carbocycles. The Labute approximate surface area is 157 Å². The third-order valence-corrected chi connectivity index (χ3v) is 5.99. The Hall–Kier alpha value is -1.92. The summed E-state index contributed by atoms with van der Waals surface area (Å²) in [4.78, 5) is 14.9. The first-order valence-electron chi connectivity index (χ1n) is 9.35. The predicted molar refractivity (Wildman–Crippen MR) is 97.9 cm³/mol. The number of hydrogen-bond donors (Lipinski definition) is 1. The zero-order valence-corrected chi connectivity index (χ0v) is 15.3. The Morgan fingerprint density at radius 3 is 2.85 bits per heavy atom. The van der Waals surface area contributed by atoms with Gasteiger partial charge in [-0.1, -0.05) is 23.7 Å². The van der Waals surface area contributed by atoms with Gasteiger partial charge in [-0.3, -0.25) is 9.69 Å². The highest BCUT2D eigenvalue weighted by molar-refractivity contribution is 6.30. The number of carbonyl (C=O) groups excluding carboxylic acids is 1. The van der Waals surface area contributed by atoms with Crippen molar-refractivity contribution in [2.75, 3.05) is 13.1 Å². The molecule has 7 heteroatoms. The van der Waals surface area contributed by atoms with Crippen molar-refractivity contribution in [2.45, 2.75) is 38.4 Å². The molecule has 1 aliphatic carbocycles. The van der Waals surface area contributed by atoms with Crippen LogP contribution in [0, 0.1) is 11.8 Å². The van der Waals surface area contributed by atoms with E-state index in [0.717, 1.165) is 56.3 Å². The van der Waals surface area contributed by atoms with E-state index in [1.165, 1.54) is 5.56 Å². The van der Waals surface area contributed by atoms with Gasteiger partial charge in [-0.15, -0.1) is 10.2 Å². The molecule has 1 aromatic heterocycles. The second-order valence-corrected chi connectivity index (χ2v) is 8.28. The average molecular weight is 372 g/mol. The third-order valence-electron chi connectivity index (χ3n) is 5.75. The van der Waals surface area contributed by atoms with E-state index in [0.29, 0.717) is 23.7 Å². The van der Waals surface area contributed by atoms with Crippen LogP contribution in [-0.2, 0) is 19.5 Å². The molecule has 5 rings (SSSR count). The smallest absolute Gasteiger partial charge is 0.289 e. The number of fused-ring (bicyclic) bond motifs is 2. The summed E-state index contributed by atoms with van der Waals surface area (Å²) in [5, 5.41) is 12.3. The van der Waals surface area contributed by atoms with Crippen molar-refractivity contribution in [3.8, 4) is 0 Å². The fourth-order valence-electron chi connectivity index (χ4n) is 4.29. The van der Waals surface area contributed by atoms with Crippen LogP contribution >= 0.6 is 11.6 Å². The third kappa shape index (κ3) is 3.12. The van der Waals surface area contributed by atoms with Crippen LogP contribution in [0.5, 0.6) is 0 Å². The Morgan fingerprint density at radius 1 is 1.19 bits per heavy atom. The summed E-state index contributed by atoms with van der Waals surface area (Å²) in [5.74, 6) is 2.50. The SMILES string of the molecule is O=C(NC1CC1)c1nnc2n1C[C@@H]1CN(Cc3cccc(Cl)c3)C[C@H]1C2. The van der Waals surface area contributed by atoms with E-state index in [1.54, 1.807) is 0 Å². The molecule has 0 radical (unpaired) electrons. The maximum absolute atomic E-state index is 12.4. The van der Waals surface area contributed by atoms with Gasteiger partial charge in [0.2, 0.25) is 5.82 Å². The number of aromatic nitrogens is 3. The first-order valence-corrected chi connectivity index (χ1v) is 9.73. The quantitative estimate of drug-likeness (QED) is 0.894. The first-order chi connectivity index (χ1) is 12.7. The summed E-state index contributed by atoms with van der Waals surface area (Å²) in [6, 6.07) is 8.43. The Bertz CT molecular complexity index is 846. The molecular weight excluding hydrogens is 350 g/mol. The molecule has 6 nitrogen and oxygen atoms in total. The van der Waals surface area contributed by atoms with Gasteiger partial charge in [0.05, 0.1) is 0 Å². The molecular formula is C19H22ClN5O. The first kappa shape index (κ1) is 16.3. The molecule has 3 heterocycles. The largest absolute Gasteiger partial charge is 0.347 e. The molecule has 0 unspecified atom stereocenters. The summed E-state index contributed by atoms with van der Waals surface area (Å²) < 4.78 is 2.04. The van der Waals surface area contributed by atoms with Crippen molar-refractivity contribution in [1.29, 1.82) is 0 Å². The van der Waals surface area contributed by atoms with Crippen molar-refractivity contribution in [1.82, 2.24) is 25.0 Å². The molecule has 1 amide bonds. The van der Waals surface area contributed by atoms with Gasteiger partial charge in [0.15, 0.2) is 0 Å². The second kappa shape index (κ2) is 6.35. The molecule has 0 bridgehead atoms. The van der Waals surface area contributed by atoms with E-state index in [9.17, 15) is 4.79 Å². The van der Waals surface area contributed by atoms with Gasteiger partial charge in [0.25, 0.3) is 5.91 Å². The molecule has 0 spiro atoms. The van der Waals surface area contributed by atoms with Crippen LogP contribution in [0.1, 0.15) is 34.8 Å². The summed E-state index contributed by atoms with van der Waals surface area (Å²) in [7, 11) is 0. The average Bonchev–Trinajstić information content (AvgIpc) is 3.19. The summed E-state index contributed by atoms with van der Waals surface area (Å²) in [6.07, 6.45) is 3.06. The second-order valence-electron chi connectivity index (χ2n) is 7.85. The number of nitrogens with one attached hydrogen (secondary N) is 1. The fraction of sp³-hybridized carbons (Fsp3) is 0.526. The lowest BCUT2D eigenvalue weighted by Crippen LogP contribution is -2.33. The highest BCUT2D eigenvalue weighted by Crippen LogP contribution is 2.33. The van der Waals surface area contributed by atoms with E-state index in [4.69, 9.17) is 11.6 Å². The number of nitrogens with zero attached hydrogens (tertiary/aromatic N) is 4. The normalized spacial score (nSPS) is 25.0. The van der Waals surface area contributed by atoms with Crippen LogP contribution in [0.3, 0.4) is 0 Å². The van der Waals surface area contributed by atoms with Crippen LogP contribution in [-0.4, -0.2) is 44.7 Å². The number of hydrogen-bond acceptors (Lipinski definition) is 4. The van der Waals surface area contributed by atoms with Gasteiger partial charge in [-0.2, -0.15) is 0 Å². The van der Waals surface area contributed by atoms with Gasteiger partial charge in [-0.05, 0) is 42.4 Å². The number of likely N-dealkylation sites (tertiary alicyclic amines) is 1. The molecule has 3 aliphatic rings. The number of benzene rings is 1. The van der Waals surface area contributed by atoms with Crippen molar-refractivity contribution >= 4 is 17.5 Å². The monoisotopic (exact) mass is 371 g/mol. The van der Waals surface area contributed by atoms with Crippen molar-refractivity contribution in [2.24, 2.45) is 11.8 Å². The molecule has 2 fully saturated rings. The van der Waals surface area contributed by atoms with E-state index in [1.807, 2.05) is 22.8 Å². The minimum absolute atomic E-state index is 0.0709. The molecule has 2 atom stereocenters. The Balaban J connectivity index is 1.28. The number of halogens is 1. The Morgan fingerprint density at radius 2 is 2.04 bits per heavy atom. The topological polar surface area (TPSA) is 63.1 Å². The lowest BCUT2D eigenvalue weighted by Gasteiger charge is -2.25. The molecule has 2 aliphatic heterocycles. The number of carbonyl (C=O) groups is 1. The number of amides is 1. The van der Waals surface area contributed by atoms with E-state index in [-0.39, 0.29) is 5.91 Å². The van der Waals surface area contributed by atoms with E-state index >= 15 is 0 Å². The minimum Gasteiger partial charge on any atom is -0.347 e. The lowest BCUT2D eigenvalue weighted by molar-refractivity contribution is 0.0932. The summed E-state index contributed by atoms with van der Waals surface area (Å²) in [6.45, 7) is 3.86. The minimum atomic E-state index is -0.0709. The Kier molecular flexibility index (Phi) is 3.98. The van der Waals surface area contributed by atoms with Crippen molar-refractivity contribution in [3.63, 3.8) is 0 Å². The lowest BCUT2D eigenvalue weighted by atomic mass is 9.89. The van der Waals surface area contributed by atoms with Crippen molar-refractivity contribution in [3.05, 3.63) is 46.5 Å². The van der Waals surface area contributed by atoms with E-state index < -0.39 is 0 Å². The zero-order chi connectivity index (χ0) is 17.7. The molecule has 136 valence electrons. The molecule has 1 N–H and O–H groups in total. The number of rotatable bonds is 4.